The van der Waals surface area contributed by atoms with Gasteiger partial charge in [-0.2, -0.15) is 0 Å². The quantitative estimate of drug-likeness (QED) is 0.425. The summed E-state index contributed by atoms with van der Waals surface area (Å²) in [6, 6.07) is 3.16. The van der Waals surface area contributed by atoms with Gasteiger partial charge in [0.1, 0.15) is 24.2 Å². The molecule has 3 N–H and O–H groups in total. The lowest BCUT2D eigenvalue weighted by Gasteiger charge is -2.35. The normalized spacial score (nSPS) is 13.0. The molecule has 3 amide bonds. The van der Waals surface area contributed by atoms with Crippen LogP contribution in [-0.2, 0) is 23.9 Å². The predicted octanol–water partition coefficient (Wildman–Crippen LogP) is 2.00. The van der Waals surface area contributed by atoms with Crippen LogP contribution in [0.4, 0.5) is 4.79 Å². The van der Waals surface area contributed by atoms with E-state index in [0.717, 1.165) is 11.1 Å². The predicted molar refractivity (Wildman–Crippen MR) is 130 cm³/mol. The van der Waals surface area contributed by atoms with E-state index in [0.29, 0.717) is 5.56 Å². The van der Waals surface area contributed by atoms with Crippen LogP contribution in [0.2, 0.25) is 0 Å². The van der Waals surface area contributed by atoms with Crippen molar-refractivity contribution in [3.63, 3.8) is 0 Å². The summed E-state index contributed by atoms with van der Waals surface area (Å²) >= 11 is 0. The molecule has 0 aliphatic rings. The van der Waals surface area contributed by atoms with E-state index in [1.807, 2.05) is 19.9 Å². The number of aliphatic hydroxyl groups is 1. The number of rotatable bonds is 10. The zero-order chi connectivity index (χ0) is 26.9. The van der Waals surface area contributed by atoms with Crippen molar-refractivity contribution in [1.29, 1.82) is 0 Å². The molecule has 0 aliphatic heterocycles. The Kier molecular flexibility index (Phi) is 11.2. The van der Waals surface area contributed by atoms with Gasteiger partial charge in [0.2, 0.25) is 11.8 Å². The first kappa shape index (κ1) is 29.9. The Hall–Kier alpha value is -3.14. The molecule has 10 heteroatoms. The molecule has 0 saturated carbocycles. The topological polar surface area (TPSA) is 134 Å². The van der Waals surface area contributed by atoms with Crippen LogP contribution in [-0.4, -0.2) is 72.3 Å². The summed E-state index contributed by atoms with van der Waals surface area (Å²) in [5, 5.41) is 14.9. The highest BCUT2D eigenvalue weighted by atomic mass is 16.6. The molecule has 0 spiro atoms. The van der Waals surface area contributed by atoms with Gasteiger partial charge in [0.05, 0.1) is 13.7 Å². The number of amides is 3. The van der Waals surface area contributed by atoms with Crippen LogP contribution in [0.1, 0.15) is 57.4 Å². The van der Waals surface area contributed by atoms with E-state index in [9.17, 15) is 24.3 Å². The Bertz CT molecular complexity index is 909. The van der Waals surface area contributed by atoms with Crippen LogP contribution in [0.3, 0.4) is 0 Å². The maximum Gasteiger partial charge on any atom is 0.408 e. The van der Waals surface area contributed by atoms with E-state index < -0.39 is 48.2 Å². The Morgan fingerprint density at radius 2 is 1.74 bits per heavy atom. The number of hydrogen-bond donors (Lipinski definition) is 3. The highest BCUT2D eigenvalue weighted by Crippen LogP contribution is 2.28. The van der Waals surface area contributed by atoms with E-state index in [4.69, 9.17) is 4.74 Å². The molecule has 0 aromatic heterocycles. The standard InChI is InChI=1S/C25H39N3O7/c1-15(2)20(27-24(33)35-25(5,6)7)23(32)28(12-13-29)21(22(31)26-14-19(30)34-8)18-11-9-10-16(3)17(18)4/h9-11,15,20-21,29H,12-14H2,1-8H3,(H,26,31)(H,27,33). The molecular formula is C25H39N3O7. The van der Waals surface area contributed by atoms with E-state index >= 15 is 0 Å². The molecule has 1 aromatic rings. The van der Waals surface area contributed by atoms with Crippen LogP contribution in [0.5, 0.6) is 0 Å². The molecule has 10 nitrogen and oxygen atoms in total. The van der Waals surface area contributed by atoms with Crippen LogP contribution in [0.15, 0.2) is 18.2 Å². The average molecular weight is 494 g/mol. The van der Waals surface area contributed by atoms with Gasteiger partial charge in [-0.3, -0.25) is 14.4 Å². The minimum Gasteiger partial charge on any atom is -0.468 e. The number of esters is 1. The zero-order valence-electron chi connectivity index (χ0n) is 21.9. The maximum absolute atomic E-state index is 13.8. The van der Waals surface area contributed by atoms with Gasteiger partial charge in [-0.15, -0.1) is 0 Å². The molecule has 1 rings (SSSR count). The third-order valence-electron chi connectivity index (χ3n) is 5.36. The van der Waals surface area contributed by atoms with Crippen LogP contribution in [0.25, 0.3) is 0 Å². The lowest BCUT2D eigenvalue weighted by molar-refractivity contribution is -0.145. The molecular weight excluding hydrogens is 454 g/mol. The van der Waals surface area contributed by atoms with Crippen molar-refractivity contribution in [2.24, 2.45) is 5.92 Å². The number of nitrogens with zero attached hydrogens (tertiary/aromatic N) is 1. The van der Waals surface area contributed by atoms with Gasteiger partial charge in [0.25, 0.3) is 0 Å². The SMILES string of the molecule is COC(=O)CNC(=O)C(c1cccc(C)c1C)N(CCO)C(=O)C(NC(=O)OC(C)(C)C)C(C)C. The summed E-state index contributed by atoms with van der Waals surface area (Å²) in [4.78, 5) is 52.4. The van der Waals surface area contributed by atoms with Crippen molar-refractivity contribution < 1.29 is 33.8 Å². The Morgan fingerprint density at radius 1 is 1.11 bits per heavy atom. The summed E-state index contributed by atoms with van der Waals surface area (Å²) in [5.74, 6) is -2.19. The average Bonchev–Trinajstić information content (AvgIpc) is 2.76. The van der Waals surface area contributed by atoms with E-state index in [-0.39, 0.29) is 19.0 Å². The first-order chi connectivity index (χ1) is 16.2. The van der Waals surface area contributed by atoms with Gasteiger partial charge in [-0.1, -0.05) is 32.0 Å². The highest BCUT2D eigenvalue weighted by molar-refractivity contribution is 5.93. The van der Waals surface area contributed by atoms with Gasteiger partial charge >= 0.3 is 12.1 Å². The second-order valence-corrected chi connectivity index (χ2v) is 9.61. The molecule has 35 heavy (non-hydrogen) atoms. The number of methoxy groups -OCH3 is 1. The largest absolute Gasteiger partial charge is 0.468 e. The number of benzene rings is 1. The second kappa shape index (κ2) is 13.1. The molecule has 0 saturated heterocycles. The molecule has 0 bridgehead atoms. The Balaban J connectivity index is 3.48. The minimum absolute atomic E-state index is 0.179. The number of alkyl carbamates (subject to hydrolysis) is 1. The third-order valence-corrected chi connectivity index (χ3v) is 5.36. The van der Waals surface area contributed by atoms with Crippen LogP contribution < -0.4 is 10.6 Å². The summed E-state index contributed by atoms with van der Waals surface area (Å²) < 4.78 is 9.91. The third kappa shape index (κ3) is 8.86. The monoisotopic (exact) mass is 493 g/mol. The van der Waals surface area contributed by atoms with Crippen molar-refractivity contribution in [1.82, 2.24) is 15.5 Å². The molecule has 196 valence electrons. The number of aryl methyl sites for hydroxylation is 1. The molecule has 1 aromatic carbocycles. The first-order valence-electron chi connectivity index (χ1n) is 11.5. The Labute approximate surface area is 207 Å². The molecule has 0 aliphatic carbocycles. The summed E-state index contributed by atoms with van der Waals surface area (Å²) in [6.45, 7) is 11.3. The zero-order valence-corrected chi connectivity index (χ0v) is 21.9. The summed E-state index contributed by atoms with van der Waals surface area (Å²) in [7, 11) is 1.20. The molecule has 0 fully saturated rings. The molecule has 2 atom stereocenters. The van der Waals surface area contributed by atoms with Gasteiger partial charge in [0, 0.05) is 6.54 Å². The molecule has 0 heterocycles. The fourth-order valence-corrected chi connectivity index (χ4v) is 3.45. The number of hydrogen-bond acceptors (Lipinski definition) is 7. The number of aliphatic hydroxyl groups excluding tert-OH is 1. The Morgan fingerprint density at radius 3 is 2.26 bits per heavy atom. The lowest BCUT2D eigenvalue weighted by Crippen LogP contribution is -2.55. The lowest BCUT2D eigenvalue weighted by atomic mass is 9.94. The fraction of sp³-hybridized carbons (Fsp3) is 0.600. The van der Waals surface area contributed by atoms with E-state index in [1.54, 1.807) is 46.8 Å². The van der Waals surface area contributed by atoms with E-state index in [2.05, 4.69) is 15.4 Å². The van der Waals surface area contributed by atoms with Crippen molar-refractivity contribution in [2.75, 3.05) is 26.8 Å². The maximum atomic E-state index is 13.8. The van der Waals surface area contributed by atoms with Crippen molar-refractivity contribution in [3.8, 4) is 0 Å². The number of carbonyl (C=O) groups excluding carboxylic acids is 4. The number of ether oxygens (including phenoxy) is 2. The van der Waals surface area contributed by atoms with Gasteiger partial charge < -0.3 is 30.1 Å². The van der Waals surface area contributed by atoms with Crippen LogP contribution in [0, 0.1) is 19.8 Å². The smallest absolute Gasteiger partial charge is 0.408 e. The van der Waals surface area contributed by atoms with Crippen molar-refractivity contribution in [3.05, 3.63) is 34.9 Å². The summed E-state index contributed by atoms with van der Waals surface area (Å²) in [6.07, 6.45) is -0.771. The highest BCUT2D eigenvalue weighted by Gasteiger charge is 2.38. The molecule has 2 unspecified atom stereocenters. The number of carbonyl (C=O) groups is 4. The van der Waals surface area contributed by atoms with Gasteiger partial charge in [-0.25, -0.2) is 4.79 Å². The fourth-order valence-electron chi connectivity index (χ4n) is 3.45. The van der Waals surface area contributed by atoms with Crippen molar-refractivity contribution >= 4 is 23.9 Å². The van der Waals surface area contributed by atoms with Crippen LogP contribution >= 0.6 is 0 Å². The number of nitrogens with one attached hydrogen (secondary N) is 2. The minimum atomic E-state index is -1.17. The molecule has 0 radical (unpaired) electrons. The van der Waals surface area contributed by atoms with E-state index in [1.165, 1.54) is 12.0 Å². The van der Waals surface area contributed by atoms with Gasteiger partial charge in [-0.05, 0) is 57.2 Å². The first-order valence-corrected chi connectivity index (χ1v) is 11.5. The summed E-state index contributed by atoms with van der Waals surface area (Å²) in [5.41, 5.74) is 1.45. The van der Waals surface area contributed by atoms with Gasteiger partial charge in [0.15, 0.2) is 0 Å². The second-order valence-electron chi connectivity index (χ2n) is 9.61. The van der Waals surface area contributed by atoms with Crippen molar-refractivity contribution in [2.45, 2.75) is 66.2 Å².